The summed E-state index contributed by atoms with van der Waals surface area (Å²) in [5, 5.41) is 10.9. The predicted molar refractivity (Wildman–Crippen MR) is 154 cm³/mol. The van der Waals surface area contributed by atoms with Crippen molar-refractivity contribution in [1.29, 1.82) is 0 Å². The maximum absolute atomic E-state index is 11.8. The minimum Gasteiger partial charge on any atom is -0.488 e. The highest BCUT2D eigenvalue weighted by Gasteiger charge is 2.31. The third kappa shape index (κ3) is 5.14. The van der Waals surface area contributed by atoms with Crippen LogP contribution < -0.4 is 9.47 Å². The van der Waals surface area contributed by atoms with Crippen molar-refractivity contribution in [2.45, 2.75) is 63.5 Å². The molecule has 6 rings (SSSR count). The fraction of sp³-hybridized carbons (Fsp3) is 0.531. The fourth-order valence-electron chi connectivity index (χ4n) is 6.96. The summed E-state index contributed by atoms with van der Waals surface area (Å²) in [4.78, 5) is 16.7. The number of carboxylic acid groups (broad SMARTS) is 1. The summed E-state index contributed by atoms with van der Waals surface area (Å²) >= 11 is 0. The molecule has 0 unspecified atom stereocenters. The molecule has 1 N–H and O–H groups in total. The Morgan fingerprint density at radius 2 is 1.87 bits per heavy atom. The monoisotopic (exact) mass is 531 g/mol. The second kappa shape index (κ2) is 11.2. The highest BCUT2D eigenvalue weighted by Crippen LogP contribution is 2.49. The van der Waals surface area contributed by atoms with Gasteiger partial charge >= 0.3 is 5.97 Å². The van der Waals surface area contributed by atoms with Crippen LogP contribution in [0.25, 0.3) is 22.2 Å². The van der Waals surface area contributed by atoms with Gasteiger partial charge in [-0.25, -0.2) is 4.79 Å². The first-order valence-electron chi connectivity index (χ1n) is 14.7. The minimum atomic E-state index is -0.891. The molecular weight excluding hydrogens is 490 g/mol. The molecule has 1 aliphatic carbocycles. The van der Waals surface area contributed by atoms with E-state index in [4.69, 9.17) is 9.47 Å². The van der Waals surface area contributed by atoms with Crippen molar-refractivity contribution in [3.63, 3.8) is 0 Å². The summed E-state index contributed by atoms with van der Waals surface area (Å²) in [5.74, 6) is 1.19. The lowest BCUT2D eigenvalue weighted by atomic mass is 9.81. The van der Waals surface area contributed by atoms with Gasteiger partial charge in [0.2, 0.25) is 0 Å². The average Bonchev–Trinajstić information content (AvgIpc) is 3.14. The van der Waals surface area contributed by atoms with Gasteiger partial charge in [-0.2, -0.15) is 0 Å². The molecule has 1 saturated carbocycles. The van der Waals surface area contributed by atoms with E-state index in [0.29, 0.717) is 37.3 Å². The SMILES string of the molecule is CN1CCC(N(C)CCOc2cccc3c2OCCn2c-3c(C3CCCCC3)c3ccc(C(=O)O)cc32)CC1. The van der Waals surface area contributed by atoms with Gasteiger partial charge in [-0.3, -0.25) is 4.90 Å². The number of ether oxygens (including phenoxy) is 2. The molecule has 0 atom stereocenters. The molecule has 0 radical (unpaired) electrons. The van der Waals surface area contributed by atoms with Gasteiger partial charge in [0.15, 0.2) is 11.5 Å². The minimum absolute atomic E-state index is 0.328. The fourth-order valence-corrected chi connectivity index (χ4v) is 6.96. The zero-order valence-corrected chi connectivity index (χ0v) is 23.3. The lowest BCUT2D eigenvalue weighted by molar-refractivity contribution is 0.0697. The summed E-state index contributed by atoms with van der Waals surface area (Å²) in [6.45, 7) is 4.99. The van der Waals surface area contributed by atoms with Gasteiger partial charge < -0.3 is 24.0 Å². The number of nitrogens with zero attached hydrogens (tertiary/aromatic N) is 3. The van der Waals surface area contributed by atoms with Crippen molar-refractivity contribution in [2.75, 3.05) is 46.9 Å². The molecule has 3 heterocycles. The first kappa shape index (κ1) is 26.2. The van der Waals surface area contributed by atoms with E-state index in [-0.39, 0.29) is 0 Å². The molecular formula is C32H41N3O4. The maximum atomic E-state index is 11.8. The van der Waals surface area contributed by atoms with Gasteiger partial charge in [0.25, 0.3) is 0 Å². The van der Waals surface area contributed by atoms with Gasteiger partial charge in [-0.1, -0.05) is 31.4 Å². The van der Waals surface area contributed by atoms with Crippen molar-refractivity contribution in [3.8, 4) is 22.8 Å². The molecule has 7 nitrogen and oxygen atoms in total. The van der Waals surface area contributed by atoms with E-state index in [1.807, 2.05) is 18.2 Å². The molecule has 1 saturated heterocycles. The third-order valence-corrected chi connectivity index (χ3v) is 9.17. The van der Waals surface area contributed by atoms with Crippen LogP contribution in [-0.2, 0) is 6.54 Å². The van der Waals surface area contributed by atoms with Crippen LogP contribution in [0, 0.1) is 0 Å². The van der Waals surface area contributed by atoms with Crippen molar-refractivity contribution in [3.05, 3.63) is 47.5 Å². The molecule has 2 aliphatic heterocycles. The molecule has 208 valence electrons. The third-order valence-electron chi connectivity index (χ3n) is 9.17. The maximum Gasteiger partial charge on any atom is 0.335 e. The second-order valence-electron chi connectivity index (χ2n) is 11.6. The Morgan fingerprint density at radius 3 is 2.64 bits per heavy atom. The lowest BCUT2D eigenvalue weighted by Crippen LogP contribution is -2.43. The number of hydrogen-bond donors (Lipinski definition) is 1. The number of carboxylic acids is 1. The van der Waals surface area contributed by atoms with Crippen LogP contribution in [0.2, 0.25) is 0 Å². The van der Waals surface area contributed by atoms with Crippen molar-refractivity contribution >= 4 is 16.9 Å². The number of fused-ring (bicyclic) bond motifs is 5. The van der Waals surface area contributed by atoms with Crippen molar-refractivity contribution in [2.24, 2.45) is 0 Å². The van der Waals surface area contributed by atoms with E-state index in [2.05, 4.69) is 40.6 Å². The Bertz CT molecular complexity index is 1330. The Kier molecular flexibility index (Phi) is 7.54. The van der Waals surface area contributed by atoms with Gasteiger partial charge in [-0.15, -0.1) is 0 Å². The number of carbonyl (C=O) groups is 1. The number of likely N-dealkylation sites (N-methyl/N-ethyl adjacent to an activating group) is 1. The van der Waals surface area contributed by atoms with Crippen LogP contribution in [0.3, 0.4) is 0 Å². The van der Waals surface area contributed by atoms with Crippen LogP contribution in [0.15, 0.2) is 36.4 Å². The van der Waals surface area contributed by atoms with Gasteiger partial charge in [0, 0.05) is 29.1 Å². The number of rotatable bonds is 7. The standard InChI is InChI=1S/C32H41N3O4/c1-33-15-13-24(14-16-33)34(2)17-19-38-28-10-6-9-26-30-29(22-7-4-3-5-8-22)25-12-11-23(32(36)37)21-27(25)35(30)18-20-39-31(26)28/h6,9-12,21-22,24H,3-5,7-8,13-20H2,1-2H3,(H,36,37). The van der Waals surface area contributed by atoms with E-state index >= 15 is 0 Å². The van der Waals surface area contributed by atoms with Crippen LogP contribution in [-0.4, -0.2) is 78.4 Å². The predicted octanol–water partition coefficient (Wildman–Crippen LogP) is 5.85. The van der Waals surface area contributed by atoms with Crippen LogP contribution in [0.1, 0.15) is 66.8 Å². The van der Waals surface area contributed by atoms with E-state index in [1.165, 1.54) is 61.6 Å². The topological polar surface area (TPSA) is 67.2 Å². The first-order chi connectivity index (χ1) is 19.0. The number of aromatic nitrogens is 1. The van der Waals surface area contributed by atoms with Crippen LogP contribution >= 0.6 is 0 Å². The Balaban J connectivity index is 1.34. The quantitative estimate of drug-likeness (QED) is 0.413. The molecule has 3 aromatic rings. The Hall–Kier alpha value is -3.03. The molecule has 0 amide bonds. The summed E-state index contributed by atoms with van der Waals surface area (Å²) in [6, 6.07) is 12.5. The first-order valence-corrected chi connectivity index (χ1v) is 14.7. The van der Waals surface area contributed by atoms with Crippen molar-refractivity contribution < 1.29 is 19.4 Å². The number of likely N-dealkylation sites (tertiary alicyclic amines) is 1. The highest BCUT2D eigenvalue weighted by molar-refractivity contribution is 5.99. The number of aromatic carboxylic acids is 1. The van der Waals surface area contributed by atoms with E-state index in [9.17, 15) is 9.90 Å². The zero-order chi connectivity index (χ0) is 26.9. The largest absolute Gasteiger partial charge is 0.488 e. The molecule has 3 aliphatic rings. The summed E-state index contributed by atoms with van der Waals surface area (Å²) in [5.41, 5.74) is 4.91. The molecule has 0 spiro atoms. The molecule has 0 bridgehead atoms. The highest BCUT2D eigenvalue weighted by atomic mass is 16.5. The van der Waals surface area contributed by atoms with Gasteiger partial charge in [0.1, 0.15) is 13.2 Å². The smallest absolute Gasteiger partial charge is 0.335 e. The summed E-state index contributed by atoms with van der Waals surface area (Å²) in [7, 11) is 4.41. The number of hydrogen-bond acceptors (Lipinski definition) is 5. The number of para-hydroxylation sites is 1. The Morgan fingerprint density at radius 1 is 1.08 bits per heavy atom. The van der Waals surface area contributed by atoms with Crippen LogP contribution in [0.5, 0.6) is 11.5 Å². The summed E-state index contributed by atoms with van der Waals surface area (Å²) < 4.78 is 15.1. The average molecular weight is 532 g/mol. The Labute approximate surface area is 231 Å². The molecule has 2 aromatic carbocycles. The van der Waals surface area contributed by atoms with Gasteiger partial charge in [0.05, 0.1) is 17.8 Å². The molecule has 1 aromatic heterocycles. The second-order valence-corrected chi connectivity index (χ2v) is 11.6. The van der Waals surface area contributed by atoms with E-state index in [1.54, 1.807) is 6.07 Å². The van der Waals surface area contributed by atoms with Crippen molar-refractivity contribution in [1.82, 2.24) is 14.4 Å². The van der Waals surface area contributed by atoms with E-state index < -0.39 is 5.97 Å². The lowest BCUT2D eigenvalue weighted by Gasteiger charge is -2.35. The molecule has 39 heavy (non-hydrogen) atoms. The molecule has 2 fully saturated rings. The van der Waals surface area contributed by atoms with Gasteiger partial charge in [-0.05, 0) is 88.6 Å². The summed E-state index contributed by atoms with van der Waals surface area (Å²) in [6.07, 6.45) is 8.51. The molecule has 7 heteroatoms. The normalized spacial score (nSPS) is 18.9. The van der Waals surface area contributed by atoms with E-state index in [0.717, 1.165) is 42.2 Å². The van der Waals surface area contributed by atoms with Crippen LogP contribution in [0.4, 0.5) is 0 Å². The number of piperidine rings is 1. The number of benzene rings is 2. The zero-order valence-electron chi connectivity index (χ0n) is 23.3.